The second kappa shape index (κ2) is 7.95. The number of nitrogens with zero attached hydrogens (tertiary/aromatic N) is 3. The number of carbonyl (C=O) groups is 1. The Balaban J connectivity index is 1.55. The Morgan fingerprint density at radius 3 is 2.88 bits per heavy atom. The van der Waals surface area contributed by atoms with Gasteiger partial charge in [0.25, 0.3) is 5.91 Å². The van der Waals surface area contributed by atoms with Gasteiger partial charge in [-0.05, 0) is 18.1 Å². The van der Waals surface area contributed by atoms with Gasteiger partial charge in [-0.3, -0.25) is 9.69 Å². The van der Waals surface area contributed by atoms with Crippen LogP contribution >= 0.6 is 0 Å². The molecule has 2 aliphatic heterocycles. The van der Waals surface area contributed by atoms with Gasteiger partial charge in [-0.2, -0.15) is 5.26 Å². The minimum atomic E-state index is -0.294. The van der Waals surface area contributed by atoms with Crippen molar-refractivity contribution in [1.82, 2.24) is 15.5 Å². The summed E-state index contributed by atoms with van der Waals surface area (Å²) in [5, 5.41) is 15.5. The van der Waals surface area contributed by atoms with Gasteiger partial charge < -0.3 is 15.5 Å². The van der Waals surface area contributed by atoms with Crippen molar-refractivity contribution in [2.45, 2.75) is 6.42 Å². The number of nitrogens with one attached hydrogen (secondary N) is 2. The van der Waals surface area contributed by atoms with Gasteiger partial charge in [0, 0.05) is 57.7 Å². The maximum atomic E-state index is 12.3. The van der Waals surface area contributed by atoms with Crippen LogP contribution in [0.4, 0.5) is 5.69 Å². The van der Waals surface area contributed by atoms with E-state index in [0.717, 1.165) is 51.4 Å². The Labute approximate surface area is 142 Å². The summed E-state index contributed by atoms with van der Waals surface area (Å²) >= 11 is 0. The zero-order valence-electron chi connectivity index (χ0n) is 13.8. The van der Waals surface area contributed by atoms with Crippen molar-refractivity contribution < 1.29 is 4.79 Å². The van der Waals surface area contributed by atoms with Gasteiger partial charge in [-0.25, -0.2) is 0 Å². The largest absolute Gasteiger partial charge is 0.350 e. The summed E-state index contributed by atoms with van der Waals surface area (Å²) in [7, 11) is 0. The number of nitriles is 1. The van der Waals surface area contributed by atoms with E-state index in [1.165, 1.54) is 5.56 Å². The third kappa shape index (κ3) is 3.94. The Kier molecular flexibility index (Phi) is 5.47. The number of para-hydroxylation sites is 1. The van der Waals surface area contributed by atoms with E-state index < -0.39 is 0 Å². The van der Waals surface area contributed by atoms with E-state index in [1.807, 2.05) is 29.2 Å². The number of hydrogen-bond donors (Lipinski definition) is 2. The van der Waals surface area contributed by atoms with Crippen LogP contribution in [-0.2, 0) is 11.2 Å². The van der Waals surface area contributed by atoms with Crippen LogP contribution in [0.1, 0.15) is 5.56 Å². The lowest BCUT2D eigenvalue weighted by Gasteiger charge is -2.27. The molecular weight excluding hydrogens is 302 g/mol. The molecule has 126 valence electrons. The third-order valence-corrected chi connectivity index (χ3v) is 4.50. The van der Waals surface area contributed by atoms with Crippen LogP contribution in [0, 0.1) is 11.3 Å². The summed E-state index contributed by atoms with van der Waals surface area (Å²) in [6.45, 7) is 6.17. The van der Waals surface area contributed by atoms with Gasteiger partial charge in [0.15, 0.2) is 0 Å². The molecule has 1 saturated heterocycles. The number of piperazine rings is 1. The van der Waals surface area contributed by atoms with E-state index in [2.05, 4.69) is 21.6 Å². The van der Waals surface area contributed by atoms with Crippen LogP contribution in [0.3, 0.4) is 0 Å². The summed E-state index contributed by atoms with van der Waals surface area (Å²) in [6.07, 6.45) is 2.61. The predicted octanol–water partition coefficient (Wildman–Crippen LogP) is 0.478. The Morgan fingerprint density at radius 1 is 1.29 bits per heavy atom. The molecule has 6 nitrogen and oxygen atoms in total. The molecule has 0 aromatic heterocycles. The average molecular weight is 325 g/mol. The molecule has 0 unspecified atom stereocenters. The first-order valence-corrected chi connectivity index (χ1v) is 8.45. The number of benzene rings is 1. The molecule has 2 aliphatic rings. The normalized spacial score (nSPS) is 18.1. The molecule has 0 bridgehead atoms. The van der Waals surface area contributed by atoms with E-state index in [-0.39, 0.29) is 11.5 Å². The number of carbonyl (C=O) groups excluding carboxylic acids is 1. The number of rotatable bonds is 5. The van der Waals surface area contributed by atoms with E-state index >= 15 is 0 Å². The smallest absolute Gasteiger partial charge is 0.263 e. The molecule has 2 N–H and O–H groups in total. The molecule has 24 heavy (non-hydrogen) atoms. The molecular formula is C18H23N5O. The summed E-state index contributed by atoms with van der Waals surface area (Å²) in [6, 6.07) is 10.1. The van der Waals surface area contributed by atoms with Crippen molar-refractivity contribution in [2.24, 2.45) is 0 Å². The monoisotopic (exact) mass is 325 g/mol. The number of hydrogen-bond acceptors (Lipinski definition) is 5. The molecule has 3 rings (SSSR count). The molecule has 0 spiro atoms. The summed E-state index contributed by atoms with van der Waals surface area (Å²) in [4.78, 5) is 16.6. The highest BCUT2D eigenvalue weighted by atomic mass is 16.1. The van der Waals surface area contributed by atoms with Crippen molar-refractivity contribution in [3.8, 4) is 6.07 Å². The summed E-state index contributed by atoms with van der Waals surface area (Å²) < 4.78 is 0. The molecule has 1 aromatic carbocycles. The van der Waals surface area contributed by atoms with Crippen LogP contribution < -0.4 is 15.5 Å². The fourth-order valence-corrected chi connectivity index (χ4v) is 3.15. The van der Waals surface area contributed by atoms with Crippen LogP contribution in [0.25, 0.3) is 0 Å². The molecule has 0 saturated carbocycles. The first-order chi connectivity index (χ1) is 11.8. The topological polar surface area (TPSA) is 71.4 Å². The average Bonchev–Trinajstić information content (AvgIpc) is 3.03. The van der Waals surface area contributed by atoms with Crippen molar-refractivity contribution in [3.05, 3.63) is 41.6 Å². The fourth-order valence-electron chi connectivity index (χ4n) is 3.15. The van der Waals surface area contributed by atoms with Crippen molar-refractivity contribution in [1.29, 1.82) is 5.26 Å². The second-order valence-corrected chi connectivity index (χ2v) is 6.07. The van der Waals surface area contributed by atoms with E-state index in [9.17, 15) is 10.1 Å². The number of anilines is 1. The lowest BCUT2D eigenvalue weighted by atomic mass is 10.2. The zero-order valence-corrected chi connectivity index (χ0v) is 13.8. The molecule has 0 atom stereocenters. The molecule has 1 aromatic rings. The summed E-state index contributed by atoms with van der Waals surface area (Å²) in [5.74, 6) is -0.294. The maximum absolute atomic E-state index is 12.3. The van der Waals surface area contributed by atoms with E-state index in [0.29, 0.717) is 6.54 Å². The number of fused-ring (bicyclic) bond motifs is 1. The lowest BCUT2D eigenvalue weighted by Crippen LogP contribution is -2.46. The Bertz CT molecular complexity index is 658. The maximum Gasteiger partial charge on any atom is 0.263 e. The Morgan fingerprint density at radius 2 is 2.08 bits per heavy atom. The quantitative estimate of drug-likeness (QED) is 0.609. The van der Waals surface area contributed by atoms with Crippen LogP contribution in [0.2, 0.25) is 0 Å². The highest BCUT2D eigenvalue weighted by Gasteiger charge is 2.19. The highest BCUT2D eigenvalue weighted by molar-refractivity contribution is 5.97. The van der Waals surface area contributed by atoms with Gasteiger partial charge in [-0.15, -0.1) is 0 Å². The third-order valence-electron chi connectivity index (χ3n) is 4.50. The number of amides is 1. The van der Waals surface area contributed by atoms with Gasteiger partial charge >= 0.3 is 0 Å². The van der Waals surface area contributed by atoms with Crippen LogP contribution in [-0.4, -0.2) is 56.6 Å². The van der Waals surface area contributed by atoms with Crippen LogP contribution in [0.5, 0.6) is 0 Å². The van der Waals surface area contributed by atoms with Crippen molar-refractivity contribution in [3.63, 3.8) is 0 Å². The first-order valence-electron chi connectivity index (χ1n) is 8.45. The molecule has 1 amide bonds. The second-order valence-electron chi connectivity index (χ2n) is 6.07. The van der Waals surface area contributed by atoms with Gasteiger partial charge in [-0.1, -0.05) is 18.2 Å². The van der Waals surface area contributed by atoms with Crippen LogP contribution in [0.15, 0.2) is 36.0 Å². The lowest BCUT2D eigenvalue weighted by molar-refractivity contribution is -0.117. The minimum absolute atomic E-state index is 0.159. The van der Waals surface area contributed by atoms with Gasteiger partial charge in [0.1, 0.15) is 11.6 Å². The Hall–Kier alpha value is -2.36. The van der Waals surface area contributed by atoms with Crippen molar-refractivity contribution >= 4 is 11.6 Å². The molecule has 6 heteroatoms. The summed E-state index contributed by atoms with van der Waals surface area (Å²) in [5.41, 5.74) is 2.50. The van der Waals surface area contributed by atoms with E-state index in [4.69, 9.17) is 0 Å². The molecule has 0 radical (unpaired) electrons. The molecule has 2 heterocycles. The standard InChI is InChI=1S/C18H23N5O/c19-13-16(14-23-9-5-15-3-1-2-4-17(15)23)18(24)21-8-12-22-10-6-20-7-11-22/h1-4,14,20H,5-12H2,(H,21,24)/b16-14-. The minimum Gasteiger partial charge on any atom is -0.350 e. The first kappa shape index (κ1) is 16.5. The van der Waals surface area contributed by atoms with Gasteiger partial charge in [0.05, 0.1) is 0 Å². The SMILES string of the molecule is N#C/C(=C/N1CCc2ccccc21)C(=O)NCCN1CCNCC1. The highest BCUT2D eigenvalue weighted by Crippen LogP contribution is 2.27. The predicted molar refractivity (Wildman–Crippen MR) is 93.5 cm³/mol. The fraction of sp³-hybridized carbons (Fsp3) is 0.444. The van der Waals surface area contributed by atoms with E-state index in [1.54, 1.807) is 6.20 Å². The molecule has 0 aliphatic carbocycles. The van der Waals surface area contributed by atoms with Crippen molar-refractivity contribution in [2.75, 3.05) is 50.7 Å². The van der Waals surface area contributed by atoms with Gasteiger partial charge in [0.2, 0.25) is 0 Å². The zero-order chi connectivity index (χ0) is 16.8. The molecule has 1 fully saturated rings.